The van der Waals surface area contributed by atoms with E-state index in [-0.39, 0.29) is 11.9 Å². The van der Waals surface area contributed by atoms with E-state index in [0.717, 1.165) is 23.1 Å². The fourth-order valence-electron chi connectivity index (χ4n) is 2.58. The first-order valence-corrected chi connectivity index (χ1v) is 7.08. The van der Waals surface area contributed by atoms with Gasteiger partial charge in [0.05, 0.1) is 17.4 Å². The molecule has 2 aromatic carbocycles. The lowest BCUT2D eigenvalue weighted by atomic mass is 10.1. The van der Waals surface area contributed by atoms with Gasteiger partial charge in [-0.05, 0) is 37.2 Å². The first-order chi connectivity index (χ1) is 10.3. The summed E-state index contributed by atoms with van der Waals surface area (Å²) in [7, 11) is 1.91. The van der Waals surface area contributed by atoms with Crippen LogP contribution in [0.4, 0.5) is 4.39 Å². The van der Waals surface area contributed by atoms with Gasteiger partial charge >= 0.3 is 0 Å². The van der Waals surface area contributed by atoms with E-state index in [9.17, 15) is 4.39 Å². The molecule has 21 heavy (non-hydrogen) atoms. The Morgan fingerprint density at radius 1 is 1.14 bits per heavy atom. The van der Waals surface area contributed by atoms with Crippen molar-refractivity contribution < 1.29 is 4.39 Å². The van der Waals surface area contributed by atoms with Crippen LogP contribution in [0.1, 0.15) is 5.56 Å². The highest BCUT2D eigenvalue weighted by Crippen LogP contribution is 2.14. The Morgan fingerprint density at radius 3 is 2.71 bits per heavy atom. The molecule has 0 aliphatic carbocycles. The molecule has 0 amide bonds. The van der Waals surface area contributed by atoms with E-state index in [4.69, 9.17) is 0 Å². The number of hydrogen-bond donors (Lipinski definition) is 1. The third kappa shape index (κ3) is 2.95. The van der Waals surface area contributed by atoms with Crippen LogP contribution in [0.5, 0.6) is 0 Å². The second kappa shape index (κ2) is 6.06. The molecule has 0 fully saturated rings. The fourth-order valence-corrected chi connectivity index (χ4v) is 2.58. The van der Waals surface area contributed by atoms with Crippen LogP contribution in [-0.2, 0) is 13.0 Å². The molecule has 3 nitrogen and oxygen atoms in total. The number of nitrogens with zero attached hydrogens (tertiary/aromatic N) is 2. The molecule has 3 aromatic rings. The van der Waals surface area contributed by atoms with Crippen LogP contribution < -0.4 is 5.32 Å². The molecule has 0 saturated carbocycles. The molecule has 1 heterocycles. The highest BCUT2D eigenvalue weighted by atomic mass is 19.1. The molecule has 108 valence electrons. The number of fused-ring (bicyclic) bond motifs is 1. The third-order valence-electron chi connectivity index (χ3n) is 3.78. The molecule has 1 unspecified atom stereocenters. The Kier molecular flexibility index (Phi) is 3.97. The molecule has 0 aliphatic rings. The minimum absolute atomic E-state index is 0.145. The SMILES string of the molecule is CNC(Cc1ccccc1F)Cn1cnc2ccccc21. The highest BCUT2D eigenvalue weighted by molar-refractivity contribution is 5.74. The zero-order valence-electron chi connectivity index (χ0n) is 12.0. The summed E-state index contributed by atoms with van der Waals surface area (Å²) >= 11 is 0. The third-order valence-corrected chi connectivity index (χ3v) is 3.78. The van der Waals surface area contributed by atoms with Gasteiger partial charge in [-0.25, -0.2) is 9.37 Å². The van der Waals surface area contributed by atoms with Crippen LogP contribution in [0, 0.1) is 5.82 Å². The zero-order chi connectivity index (χ0) is 14.7. The lowest BCUT2D eigenvalue weighted by Gasteiger charge is -2.17. The van der Waals surface area contributed by atoms with E-state index in [1.807, 2.05) is 43.7 Å². The maximum absolute atomic E-state index is 13.8. The van der Waals surface area contributed by atoms with Crippen LogP contribution in [0.25, 0.3) is 11.0 Å². The summed E-state index contributed by atoms with van der Waals surface area (Å²) in [6.45, 7) is 0.755. The van der Waals surface area contributed by atoms with Gasteiger partial charge < -0.3 is 9.88 Å². The second-order valence-corrected chi connectivity index (χ2v) is 5.17. The van der Waals surface area contributed by atoms with Crippen LogP contribution in [0.2, 0.25) is 0 Å². The summed E-state index contributed by atoms with van der Waals surface area (Å²) < 4.78 is 15.9. The van der Waals surface area contributed by atoms with Crippen molar-refractivity contribution >= 4 is 11.0 Å². The standard InChI is InChI=1S/C17H18FN3/c1-19-14(10-13-6-2-3-7-15(13)18)11-21-12-20-16-8-4-5-9-17(16)21/h2-9,12,14,19H,10-11H2,1H3. The number of rotatable bonds is 5. The molecule has 0 spiro atoms. The normalized spacial score (nSPS) is 12.7. The molecule has 1 N–H and O–H groups in total. The lowest BCUT2D eigenvalue weighted by molar-refractivity contribution is 0.474. The van der Waals surface area contributed by atoms with Gasteiger partial charge in [-0.3, -0.25) is 0 Å². The molecular weight excluding hydrogens is 265 g/mol. The molecule has 0 bridgehead atoms. The fraction of sp³-hybridized carbons (Fsp3) is 0.235. The van der Waals surface area contributed by atoms with Crippen molar-refractivity contribution in [2.45, 2.75) is 19.0 Å². The number of nitrogens with one attached hydrogen (secondary N) is 1. The van der Waals surface area contributed by atoms with Crippen LogP contribution >= 0.6 is 0 Å². The van der Waals surface area contributed by atoms with Crippen molar-refractivity contribution in [1.82, 2.24) is 14.9 Å². The monoisotopic (exact) mass is 283 g/mol. The number of likely N-dealkylation sites (N-methyl/N-ethyl adjacent to an activating group) is 1. The molecule has 3 rings (SSSR count). The van der Waals surface area contributed by atoms with Gasteiger partial charge in [0.2, 0.25) is 0 Å². The van der Waals surface area contributed by atoms with Crippen LogP contribution in [0.15, 0.2) is 54.9 Å². The molecule has 0 saturated heterocycles. The maximum atomic E-state index is 13.8. The van der Waals surface area contributed by atoms with Gasteiger partial charge in [-0.15, -0.1) is 0 Å². The zero-order valence-corrected chi connectivity index (χ0v) is 12.0. The average molecular weight is 283 g/mol. The van der Waals surface area contributed by atoms with E-state index >= 15 is 0 Å². The van der Waals surface area contributed by atoms with E-state index in [0.29, 0.717) is 6.42 Å². The number of halogens is 1. The van der Waals surface area contributed by atoms with E-state index in [1.54, 1.807) is 6.07 Å². The number of imidazole rings is 1. The first kappa shape index (κ1) is 13.8. The van der Waals surface area contributed by atoms with Crippen LogP contribution in [-0.4, -0.2) is 22.6 Å². The molecule has 1 atom stereocenters. The average Bonchev–Trinajstić information content (AvgIpc) is 2.92. The quantitative estimate of drug-likeness (QED) is 0.780. The minimum atomic E-state index is -0.145. The van der Waals surface area contributed by atoms with Gasteiger partial charge in [0.25, 0.3) is 0 Å². The Labute approximate surface area is 123 Å². The number of hydrogen-bond acceptors (Lipinski definition) is 2. The molecule has 4 heteroatoms. The highest BCUT2D eigenvalue weighted by Gasteiger charge is 2.12. The van der Waals surface area contributed by atoms with E-state index < -0.39 is 0 Å². The van der Waals surface area contributed by atoms with E-state index in [2.05, 4.69) is 20.9 Å². The largest absolute Gasteiger partial charge is 0.329 e. The first-order valence-electron chi connectivity index (χ1n) is 7.08. The molecule has 0 aliphatic heterocycles. The Bertz CT molecular complexity index is 735. The maximum Gasteiger partial charge on any atom is 0.126 e. The van der Waals surface area contributed by atoms with E-state index in [1.165, 1.54) is 6.07 Å². The van der Waals surface area contributed by atoms with Gasteiger partial charge in [0.15, 0.2) is 0 Å². The Morgan fingerprint density at radius 2 is 1.90 bits per heavy atom. The predicted molar refractivity (Wildman–Crippen MR) is 82.7 cm³/mol. The Balaban J connectivity index is 1.80. The van der Waals surface area contributed by atoms with Crippen LogP contribution in [0.3, 0.4) is 0 Å². The van der Waals surface area contributed by atoms with Crippen molar-refractivity contribution in [2.24, 2.45) is 0 Å². The minimum Gasteiger partial charge on any atom is -0.329 e. The van der Waals surface area contributed by atoms with Crippen molar-refractivity contribution in [1.29, 1.82) is 0 Å². The lowest BCUT2D eigenvalue weighted by Crippen LogP contribution is -2.32. The summed E-state index contributed by atoms with van der Waals surface area (Å²) in [4.78, 5) is 4.39. The Hall–Kier alpha value is -2.20. The van der Waals surface area contributed by atoms with Gasteiger partial charge in [0.1, 0.15) is 5.82 Å². The molecule has 0 radical (unpaired) electrons. The van der Waals surface area contributed by atoms with Crippen molar-refractivity contribution in [3.05, 3.63) is 66.2 Å². The summed E-state index contributed by atoms with van der Waals surface area (Å²) in [6.07, 6.45) is 2.49. The smallest absolute Gasteiger partial charge is 0.126 e. The van der Waals surface area contributed by atoms with Gasteiger partial charge in [-0.1, -0.05) is 30.3 Å². The topological polar surface area (TPSA) is 29.9 Å². The molecular formula is C17H18FN3. The summed E-state index contributed by atoms with van der Waals surface area (Å²) in [5, 5.41) is 3.27. The summed E-state index contributed by atoms with van der Waals surface area (Å²) in [5.41, 5.74) is 2.82. The van der Waals surface area contributed by atoms with Crippen molar-refractivity contribution in [3.63, 3.8) is 0 Å². The second-order valence-electron chi connectivity index (χ2n) is 5.17. The predicted octanol–water partition coefficient (Wildman–Crippen LogP) is 3.01. The van der Waals surface area contributed by atoms with Crippen molar-refractivity contribution in [3.8, 4) is 0 Å². The summed E-state index contributed by atoms with van der Waals surface area (Å²) in [6, 6.07) is 15.1. The number of aromatic nitrogens is 2. The number of para-hydroxylation sites is 2. The summed E-state index contributed by atoms with van der Waals surface area (Å²) in [5.74, 6) is -0.145. The number of benzene rings is 2. The van der Waals surface area contributed by atoms with Gasteiger partial charge in [-0.2, -0.15) is 0 Å². The van der Waals surface area contributed by atoms with Crippen molar-refractivity contribution in [2.75, 3.05) is 7.05 Å². The molecule has 1 aromatic heterocycles. The van der Waals surface area contributed by atoms with Gasteiger partial charge in [0, 0.05) is 12.6 Å².